The summed E-state index contributed by atoms with van der Waals surface area (Å²) in [6, 6.07) is 0. The number of rotatable bonds is 0. The third-order valence-electron chi connectivity index (χ3n) is 6.68. The number of hydrogen-bond donors (Lipinski definition) is 0. The summed E-state index contributed by atoms with van der Waals surface area (Å²) < 4.78 is 0. The Bertz CT molecular complexity index is 702. The molecular weight excluding hydrogens is 226 g/mol. The highest BCUT2D eigenvalue weighted by Gasteiger charge is 3.50. The molecule has 0 N–H and O–H groups in total. The molecular formula is C13H3N5. The van der Waals surface area contributed by atoms with Crippen LogP contribution < -0.4 is 0 Å². The second-order valence-corrected chi connectivity index (χ2v) is 5.93. The fourth-order valence-electron chi connectivity index (χ4n) is 6.91. The molecule has 0 aromatic carbocycles. The summed E-state index contributed by atoms with van der Waals surface area (Å²) >= 11 is 0. The molecule has 6 fully saturated rings. The van der Waals surface area contributed by atoms with E-state index in [4.69, 9.17) is 32.9 Å². The van der Waals surface area contributed by atoms with Gasteiger partial charge in [0.1, 0.15) is 0 Å². The Morgan fingerprint density at radius 1 is 0.556 bits per heavy atom. The molecule has 0 spiro atoms. The van der Waals surface area contributed by atoms with E-state index in [0.717, 1.165) is 0 Å². The fraction of sp³-hybridized carbons (Fsp3) is 0.615. The van der Waals surface area contributed by atoms with E-state index in [1.54, 1.807) is 0 Å². The Balaban J connectivity index is 1.89. The van der Waals surface area contributed by atoms with E-state index in [2.05, 4.69) is 24.2 Å². The summed E-state index contributed by atoms with van der Waals surface area (Å²) in [4.78, 5) is 18.3. The maximum atomic E-state index is 7.44. The predicted molar refractivity (Wildman–Crippen MR) is 57.1 cm³/mol. The van der Waals surface area contributed by atoms with E-state index in [1.807, 2.05) is 0 Å². The molecule has 6 aliphatic carbocycles. The van der Waals surface area contributed by atoms with Gasteiger partial charge < -0.3 is 4.85 Å². The fourth-order valence-corrected chi connectivity index (χ4v) is 6.91. The van der Waals surface area contributed by atoms with Crippen LogP contribution >= 0.6 is 0 Å². The lowest BCUT2D eigenvalue weighted by atomic mass is 8.89. The summed E-state index contributed by atoms with van der Waals surface area (Å²) in [7, 11) is 0. The molecule has 0 bridgehead atoms. The van der Waals surface area contributed by atoms with Crippen molar-refractivity contribution in [2.24, 2.45) is 17.8 Å². The van der Waals surface area contributed by atoms with Gasteiger partial charge in [-0.15, -0.1) is 0 Å². The monoisotopic (exact) mass is 229 g/mol. The summed E-state index contributed by atoms with van der Waals surface area (Å²) in [5.74, 6) is -0.756. The van der Waals surface area contributed by atoms with Crippen LogP contribution in [0.3, 0.4) is 0 Å². The molecule has 80 valence electrons. The second-order valence-electron chi connectivity index (χ2n) is 5.93. The Kier molecular flexibility index (Phi) is 0.721. The summed E-state index contributed by atoms with van der Waals surface area (Å²) in [5, 5.41) is 0. The van der Waals surface area contributed by atoms with Gasteiger partial charge >= 0.3 is 22.2 Å². The van der Waals surface area contributed by atoms with E-state index in [1.165, 1.54) is 0 Å². The summed E-state index contributed by atoms with van der Waals surface area (Å²) in [6.45, 7) is 37.0. The zero-order chi connectivity index (χ0) is 12.8. The highest BCUT2D eigenvalue weighted by Crippen LogP contribution is 3.11. The van der Waals surface area contributed by atoms with E-state index in [9.17, 15) is 0 Å². The molecule has 0 aromatic rings. The van der Waals surface area contributed by atoms with E-state index >= 15 is 0 Å². The molecule has 6 saturated carbocycles. The Labute approximate surface area is 103 Å². The van der Waals surface area contributed by atoms with Gasteiger partial charge in [0.15, 0.2) is 0 Å². The van der Waals surface area contributed by atoms with Gasteiger partial charge in [-0.3, -0.25) is 19.4 Å². The van der Waals surface area contributed by atoms with Gasteiger partial charge in [0.05, 0.1) is 0 Å². The molecule has 0 unspecified atom stereocenters. The third-order valence-corrected chi connectivity index (χ3v) is 6.68. The minimum Gasteiger partial charge on any atom is -0.307 e. The summed E-state index contributed by atoms with van der Waals surface area (Å²) in [5.41, 5.74) is -4.29. The normalized spacial score (nSPS) is 72.7. The molecule has 6 rings (SSSR count). The zero-order valence-electron chi connectivity index (χ0n) is 8.97. The first-order chi connectivity index (χ1) is 8.65. The van der Waals surface area contributed by atoms with Gasteiger partial charge in [0.2, 0.25) is 17.8 Å². The lowest BCUT2D eigenvalue weighted by molar-refractivity contribution is -0.542. The summed E-state index contributed by atoms with van der Waals surface area (Å²) in [6.07, 6.45) is 0. The van der Waals surface area contributed by atoms with Crippen molar-refractivity contribution in [3.05, 3.63) is 57.1 Å². The zero-order valence-corrected chi connectivity index (χ0v) is 8.97. The van der Waals surface area contributed by atoms with Crippen LogP contribution in [0.5, 0.6) is 0 Å². The molecule has 0 saturated heterocycles. The van der Waals surface area contributed by atoms with Crippen molar-refractivity contribution >= 4 is 0 Å². The lowest BCUT2D eigenvalue weighted by Gasteiger charge is -2.94. The maximum absolute atomic E-state index is 7.44. The largest absolute Gasteiger partial charge is 0.463 e. The first-order valence-electron chi connectivity index (χ1n) is 5.58. The van der Waals surface area contributed by atoms with Crippen LogP contribution in [0.4, 0.5) is 0 Å². The van der Waals surface area contributed by atoms with Crippen molar-refractivity contribution in [2.45, 2.75) is 27.7 Å². The van der Waals surface area contributed by atoms with Gasteiger partial charge in [-0.25, -0.2) is 32.9 Å². The maximum Gasteiger partial charge on any atom is 0.463 e. The molecule has 0 amide bonds. The highest BCUT2D eigenvalue weighted by molar-refractivity contribution is 5.91. The standard InChI is InChI=1S/C13H3N5/c1-14-9-6-10(15-2)7(9)12(17-4)8(9)11(6,16-3)13(10,12)18-5/h6-8H. The Morgan fingerprint density at radius 2 is 0.944 bits per heavy atom. The number of hydrogen-bond acceptors (Lipinski definition) is 0. The minimum absolute atomic E-state index is 0.252. The first kappa shape index (κ1) is 8.53. The lowest BCUT2D eigenvalue weighted by Crippen LogP contribution is -3.32. The average Bonchev–Trinajstić information content (AvgIpc) is 2.43. The first-order valence-corrected chi connectivity index (χ1v) is 5.58. The van der Waals surface area contributed by atoms with E-state index in [0.29, 0.717) is 0 Å². The Hall–Kier alpha value is -2.55. The van der Waals surface area contributed by atoms with Gasteiger partial charge in [-0.05, 0) is 0 Å². The SMILES string of the molecule is [C-]#[N+]C12C3C4([N+]#[C-])C1C1([N+]#[C-])C2C3([N+]#[C-])C41[N+]#[C-]. The minimum atomic E-state index is -1.09. The van der Waals surface area contributed by atoms with Crippen molar-refractivity contribution in [1.29, 1.82) is 0 Å². The number of nitrogens with zero attached hydrogens (tertiary/aromatic N) is 5. The Morgan fingerprint density at radius 3 is 1.17 bits per heavy atom. The quantitative estimate of drug-likeness (QED) is 0.557. The van der Waals surface area contributed by atoms with Gasteiger partial charge in [-0.1, -0.05) is 0 Å². The van der Waals surface area contributed by atoms with E-state index in [-0.39, 0.29) is 17.8 Å². The van der Waals surface area contributed by atoms with Crippen LogP contribution in [0.1, 0.15) is 0 Å². The van der Waals surface area contributed by atoms with Gasteiger partial charge in [-0.2, -0.15) is 0 Å². The van der Waals surface area contributed by atoms with Crippen molar-refractivity contribution in [3.63, 3.8) is 0 Å². The molecule has 18 heavy (non-hydrogen) atoms. The molecule has 0 atom stereocenters. The van der Waals surface area contributed by atoms with Crippen LogP contribution in [0, 0.1) is 50.6 Å². The molecule has 0 aliphatic heterocycles. The van der Waals surface area contributed by atoms with Gasteiger partial charge in [0.25, 0.3) is 5.54 Å². The molecule has 5 heteroatoms. The van der Waals surface area contributed by atoms with Crippen molar-refractivity contribution < 1.29 is 0 Å². The molecule has 0 aromatic heterocycles. The van der Waals surface area contributed by atoms with Crippen LogP contribution in [-0.4, -0.2) is 27.7 Å². The van der Waals surface area contributed by atoms with Crippen molar-refractivity contribution in [1.82, 2.24) is 0 Å². The van der Waals surface area contributed by atoms with Crippen LogP contribution in [0.15, 0.2) is 0 Å². The van der Waals surface area contributed by atoms with Gasteiger partial charge in [0, 0.05) is 0 Å². The van der Waals surface area contributed by atoms with Crippen LogP contribution in [0.2, 0.25) is 0 Å². The smallest absolute Gasteiger partial charge is 0.307 e. The molecule has 5 nitrogen and oxygen atoms in total. The predicted octanol–water partition coefficient (Wildman–Crippen LogP) is 1.19. The van der Waals surface area contributed by atoms with Crippen LogP contribution in [-0.2, 0) is 0 Å². The van der Waals surface area contributed by atoms with Crippen molar-refractivity contribution in [3.8, 4) is 0 Å². The van der Waals surface area contributed by atoms with Crippen molar-refractivity contribution in [2.75, 3.05) is 0 Å². The topological polar surface area (TPSA) is 21.8 Å². The average molecular weight is 229 g/mol. The second kappa shape index (κ2) is 1.52. The third kappa shape index (κ3) is 0.239. The van der Waals surface area contributed by atoms with Crippen LogP contribution in [0.25, 0.3) is 24.2 Å². The molecule has 0 heterocycles. The molecule has 6 aliphatic rings. The highest BCUT2D eigenvalue weighted by atomic mass is 15.5. The van der Waals surface area contributed by atoms with E-state index < -0.39 is 27.7 Å². The molecule has 0 radical (unpaired) electrons.